The Morgan fingerprint density at radius 3 is 2.50 bits per heavy atom. The Hall–Kier alpha value is -0.370. The molecule has 0 saturated carbocycles. The third-order valence-electron chi connectivity index (χ3n) is 0.508. The molecule has 0 amide bonds. The molecular weight excluding hydrogens is 81.0 g/mol. The lowest BCUT2D eigenvalue weighted by molar-refractivity contribution is 0.705. The Morgan fingerprint density at radius 2 is 2.50 bits per heavy atom. The minimum absolute atomic E-state index is 0.316. The van der Waals surface area contributed by atoms with E-state index in [1.165, 1.54) is 0 Å². The van der Waals surface area contributed by atoms with Crippen LogP contribution in [0.25, 0.3) is 0 Å². The maximum Gasteiger partial charge on any atom is 0.0868 e. The second-order valence-electron chi connectivity index (χ2n) is 1.16. The first kappa shape index (κ1) is 5.63. The van der Waals surface area contributed by atoms with E-state index in [1.807, 2.05) is 0 Å². The number of rotatable bonds is 1. The van der Waals surface area contributed by atoms with Gasteiger partial charge in [-0.3, -0.25) is 0 Å². The van der Waals surface area contributed by atoms with Crippen LogP contribution >= 0.6 is 0 Å². The number of nitrogens with two attached hydrogens (primary N) is 1. The minimum Gasteiger partial charge on any atom is -0.327 e. The summed E-state index contributed by atoms with van der Waals surface area (Å²) in [7, 11) is 0. The molecule has 6 heavy (non-hydrogen) atoms. The molecule has 2 N–H and O–H groups in total. The van der Waals surface area contributed by atoms with E-state index < -0.39 is 0 Å². The van der Waals surface area contributed by atoms with E-state index in [1.54, 1.807) is 6.92 Å². The molecule has 0 fully saturated rings. The molecule has 36 valence electrons. The third-order valence-corrected chi connectivity index (χ3v) is 0.508. The van der Waals surface area contributed by atoms with Gasteiger partial charge in [0.25, 0.3) is 0 Å². The summed E-state index contributed by atoms with van der Waals surface area (Å²) >= 11 is 0. The summed E-state index contributed by atoms with van der Waals surface area (Å²) in [6.07, 6.45) is 0.514. The van der Waals surface area contributed by atoms with Gasteiger partial charge in [-0.25, -0.2) is 4.39 Å². The molecule has 0 aliphatic rings. The summed E-state index contributed by atoms with van der Waals surface area (Å²) in [5.74, 6) is 0. The minimum atomic E-state index is 0.316. The Kier molecular flexibility index (Phi) is 2.67. The Balaban J connectivity index is 3.22. The van der Waals surface area contributed by atoms with Gasteiger partial charge in [0.05, 0.1) is 6.33 Å². The highest BCUT2D eigenvalue weighted by atomic mass is 19.1. The van der Waals surface area contributed by atoms with Gasteiger partial charge in [-0.1, -0.05) is 0 Å². The average Bonchev–Trinajstić information content (AvgIpc) is 1.65. The van der Waals surface area contributed by atoms with Gasteiger partial charge in [0.1, 0.15) is 0 Å². The largest absolute Gasteiger partial charge is 0.327 e. The van der Waals surface area contributed by atoms with Gasteiger partial charge in [0.15, 0.2) is 0 Å². The summed E-state index contributed by atoms with van der Waals surface area (Å²) in [4.78, 5) is 0. The van der Waals surface area contributed by atoms with Crippen LogP contribution in [0.2, 0.25) is 0 Å². The van der Waals surface area contributed by atoms with E-state index in [2.05, 4.69) is 0 Å². The lowest BCUT2D eigenvalue weighted by Gasteiger charge is -1.83. The highest BCUT2D eigenvalue weighted by Crippen LogP contribution is 1.84. The number of hydrogen-bond acceptors (Lipinski definition) is 1. The molecular formula is C4H8FN. The molecule has 0 atom stereocenters. The van der Waals surface area contributed by atoms with Gasteiger partial charge in [-0.2, -0.15) is 0 Å². The first-order valence-corrected chi connectivity index (χ1v) is 1.77. The van der Waals surface area contributed by atoms with Gasteiger partial charge in [0.2, 0.25) is 0 Å². The standard InChI is InChI=1S/C4H8FN/c1-4(2-5)3-6/h2H,3,6H2,1H3. The van der Waals surface area contributed by atoms with Crippen molar-refractivity contribution in [1.29, 1.82) is 0 Å². The van der Waals surface area contributed by atoms with Crippen LogP contribution in [0.1, 0.15) is 6.92 Å². The smallest absolute Gasteiger partial charge is 0.0868 e. The molecule has 0 bridgehead atoms. The fraction of sp³-hybridized carbons (Fsp3) is 0.500. The van der Waals surface area contributed by atoms with Gasteiger partial charge in [0, 0.05) is 6.54 Å². The summed E-state index contributed by atoms with van der Waals surface area (Å²) < 4.78 is 11.1. The summed E-state index contributed by atoms with van der Waals surface area (Å²) in [6.45, 7) is 1.95. The van der Waals surface area contributed by atoms with Crippen LogP contribution in [0.3, 0.4) is 0 Å². The molecule has 1 nitrogen and oxygen atoms in total. The zero-order chi connectivity index (χ0) is 4.99. The van der Waals surface area contributed by atoms with E-state index in [9.17, 15) is 4.39 Å². The van der Waals surface area contributed by atoms with Gasteiger partial charge < -0.3 is 5.73 Å². The molecule has 0 aromatic heterocycles. The highest BCUT2D eigenvalue weighted by molar-refractivity contribution is 4.92. The first-order valence-electron chi connectivity index (χ1n) is 1.77. The lowest BCUT2D eigenvalue weighted by Crippen LogP contribution is -1.98. The zero-order valence-corrected chi connectivity index (χ0v) is 3.74. The molecule has 0 rings (SSSR count). The van der Waals surface area contributed by atoms with Crippen molar-refractivity contribution >= 4 is 0 Å². The Bertz CT molecular complexity index is 58.6. The fourth-order valence-electron chi connectivity index (χ4n) is 0.0445. The van der Waals surface area contributed by atoms with Crippen LogP contribution in [0.5, 0.6) is 0 Å². The summed E-state index contributed by atoms with van der Waals surface area (Å²) in [6, 6.07) is 0. The van der Waals surface area contributed by atoms with Crippen LogP contribution in [0.15, 0.2) is 11.9 Å². The predicted octanol–water partition coefficient (Wildman–Crippen LogP) is 0.818. The number of hydrogen-bond donors (Lipinski definition) is 1. The van der Waals surface area contributed by atoms with Crippen molar-refractivity contribution in [1.82, 2.24) is 0 Å². The maximum atomic E-state index is 11.1. The molecule has 0 heterocycles. The van der Waals surface area contributed by atoms with Crippen LogP contribution < -0.4 is 5.73 Å². The van der Waals surface area contributed by atoms with E-state index in [0.29, 0.717) is 18.4 Å². The van der Waals surface area contributed by atoms with Gasteiger partial charge >= 0.3 is 0 Å². The number of halogens is 1. The van der Waals surface area contributed by atoms with Gasteiger partial charge in [-0.05, 0) is 12.5 Å². The van der Waals surface area contributed by atoms with Crippen molar-refractivity contribution in [2.24, 2.45) is 5.73 Å². The highest BCUT2D eigenvalue weighted by Gasteiger charge is 1.76. The quantitative estimate of drug-likeness (QED) is 0.505. The molecule has 0 aliphatic heterocycles. The molecule has 0 saturated heterocycles. The summed E-state index contributed by atoms with van der Waals surface area (Å²) in [5.41, 5.74) is 5.55. The molecule has 2 heteroatoms. The molecule has 0 radical (unpaired) electrons. The summed E-state index contributed by atoms with van der Waals surface area (Å²) in [5, 5.41) is 0. The first-order chi connectivity index (χ1) is 2.81. The predicted molar refractivity (Wildman–Crippen MR) is 23.9 cm³/mol. The van der Waals surface area contributed by atoms with Crippen molar-refractivity contribution in [2.45, 2.75) is 6.92 Å². The van der Waals surface area contributed by atoms with Crippen molar-refractivity contribution in [3.63, 3.8) is 0 Å². The maximum absolute atomic E-state index is 11.1. The lowest BCUT2D eigenvalue weighted by atomic mass is 10.4. The van der Waals surface area contributed by atoms with Crippen LogP contribution in [-0.4, -0.2) is 6.54 Å². The second-order valence-corrected chi connectivity index (χ2v) is 1.16. The topological polar surface area (TPSA) is 26.0 Å². The Morgan fingerprint density at radius 1 is 2.00 bits per heavy atom. The molecule has 0 aliphatic carbocycles. The average molecular weight is 89.1 g/mol. The van der Waals surface area contributed by atoms with E-state index in [-0.39, 0.29) is 0 Å². The van der Waals surface area contributed by atoms with Gasteiger partial charge in [-0.15, -0.1) is 0 Å². The third kappa shape index (κ3) is 1.91. The van der Waals surface area contributed by atoms with Crippen molar-refractivity contribution in [3.05, 3.63) is 11.9 Å². The van der Waals surface area contributed by atoms with E-state index in [4.69, 9.17) is 5.73 Å². The van der Waals surface area contributed by atoms with E-state index in [0.717, 1.165) is 0 Å². The monoisotopic (exact) mass is 89.1 g/mol. The molecule has 0 aromatic carbocycles. The van der Waals surface area contributed by atoms with Crippen LogP contribution in [0, 0.1) is 0 Å². The van der Waals surface area contributed by atoms with Crippen molar-refractivity contribution in [3.8, 4) is 0 Å². The zero-order valence-electron chi connectivity index (χ0n) is 3.74. The Labute approximate surface area is 36.6 Å². The van der Waals surface area contributed by atoms with E-state index >= 15 is 0 Å². The fourth-order valence-corrected chi connectivity index (χ4v) is 0.0445. The van der Waals surface area contributed by atoms with Crippen LogP contribution in [-0.2, 0) is 0 Å². The SMILES string of the molecule is CC(=CF)CN. The normalized spacial score (nSPS) is 12.2. The molecule has 0 aromatic rings. The van der Waals surface area contributed by atoms with Crippen LogP contribution in [0.4, 0.5) is 4.39 Å². The molecule has 0 spiro atoms. The molecule has 0 unspecified atom stereocenters. The van der Waals surface area contributed by atoms with Crippen molar-refractivity contribution < 1.29 is 4.39 Å². The van der Waals surface area contributed by atoms with Crippen molar-refractivity contribution in [2.75, 3.05) is 6.54 Å². The second kappa shape index (κ2) is 2.85.